The van der Waals surface area contributed by atoms with E-state index in [0.717, 1.165) is 17.5 Å². The van der Waals surface area contributed by atoms with E-state index in [1.54, 1.807) is 11.1 Å². The van der Waals surface area contributed by atoms with Crippen LogP contribution in [0.25, 0.3) is 11.0 Å². The lowest BCUT2D eigenvalue weighted by Crippen LogP contribution is -2.43. The highest BCUT2D eigenvalue weighted by Gasteiger charge is 2.29. The van der Waals surface area contributed by atoms with Crippen molar-refractivity contribution in [1.29, 1.82) is 0 Å². The minimum absolute atomic E-state index is 0.140. The van der Waals surface area contributed by atoms with Gasteiger partial charge in [-0.15, -0.1) is 0 Å². The Balaban J connectivity index is 1.44. The minimum Gasteiger partial charge on any atom is -0.338 e. The van der Waals surface area contributed by atoms with Gasteiger partial charge in [-0.1, -0.05) is 0 Å². The average Bonchev–Trinajstić information content (AvgIpc) is 3.08. The van der Waals surface area contributed by atoms with Crippen LogP contribution in [0, 0.1) is 18.7 Å². The minimum atomic E-state index is -0.383. The maximum Gasteiger partial charge on any atom is 0.253 e. The maximum atomic E-state index is 13.1. The van der Waals surface area contributed by atoms with Gasteiger partial charge in [0.1, 0.15) is 5.82 Å². The van der Waals surface area contributed by atoms with Gasteiger partial charge in [0.25, 0.3) is 5.91 Å². The number of piperidine rings is 1. The fraction of sp³-hybridized carbons (Fsp3) is 0.300. The second-order valence-electron chi connectivity index (χ2n) is 7.03. The number of carbonyl (C=O) groups excluding carboxylic acids is 2. The molecular weight excluding hydrogens is 361 g/mol. The molecule has 3 aromatic rings. The van der Waals surface area contributed by atoms with Crippen molar-refractivity contribution >= 4 is 28.5 Å². The molecule has 1 aromatic carbocycles. The number of aromatic nitrogens is 3. The van der Waals surface area contributed by atoms with Crippen LogP contribution in [-0.4, -0.2) is 45.0 Å². The first-order valence-corrected chi connectivity index (χ1v) is 9.17. The SMILES string of the molecule is Cc1[nH]nc2ncc(NC(=O)C3CCCN(C(=O)c4ccc(F)cc4)C3)cc12. The molecule has 8 heteroatoms. The van der Waals surface area contributed by atoms with Gasteiger partial charge in [0.2, 0.25) is 5.91 Å². The van der Waals surface area contributed by atoms with Crippen LogP contribution < -0.4 is 5.32 Å². The zero-order valence-corrected chi connectivity index (χ0v) is 15.4. The van der Waals surface area contributed by atoms with E-state index in [-0.39, 0.29) is 23.5 Å². The summed E-state index contributed by atoms with van der Waals surface area (Å²) >= 11 is 0. The number of likely N-dealkylation sites (tertiary alicyclic amines) is 1. The third kappa shape index (κ3) is 3.58. The molecule has 2 amide bonds. The Kier molecular flexibility index (Phi) is 4.77. The number of anilines is 1. The van der Waals surface area contributed by atoms with Crippen molar-refractivity contribution in [2.45, 2.75) is 19.8 Å². The summed E-state index contributed by atoms with van der Waals surface area (Å²) in [5, 5.41) is 10.7. The van der Waals surface area contributed by atoms with E-state index < -0.39 is 0 Å². The van der Waals surface area contributed by atoms with Crippen molar-refractivity contribution < 1.29 is 14.0 Å². The number of H-pyrrole nitrogens is 1. The van der Waals surface area contributed by atoms with E-state index in [4.69, 9.17) is 0 Å². The number of fused-ring (bicyclic) bond motifs is 1. The third-order valence-corrected chi connectivity index (χ3v) is 5.04. The number of amides is 2. The molecule has 1 atom stereocenters. The number of nitrogens with zero attached hydrogens (tertiary/aromatic N) is 3. The summed E-state index contributed by atoms with van der Waals surface area (Å²) in [6, 6.07) is 7.30. The number of benzene rings is 1. The van der Waals surface area contributed by atoms with Gasteiger partial charge >= 0.3 is 0 Å². The molecule has 144 valence electrons. The van der Waals surface area contributed by atoms with Gasteiger partial charge in [-0.25, -0.2) is 9.37 Å². The highest BCUT2D eigenvalue weighted by Crippen LogP contribution is 2.22. The van der Waals surface area contributed by atoms with Crippen molar-refractivity contribution in [2.24, 2.45) is 5.92 Å². The Morgan fingerprint density at radius 3 is 2.86 bits per heavy atom. The van der Waals surface area contributed by atoms with E-state index in [9.17, 15) is 14.0 Å². The van der Waals surface area contributed by atoms with Gasteiger partial charge in [-0.3, -0.25) is 14.7 Å². The number of carbonyl (C=O) groups is 2. The molecule has 3 heterocycles. The van der Waals surface area contributed by atoms with Crippen LogP contribution in [0.5, 0.6) is 0 Å². The molecular formula is C20H20FN5O2. The standard InChI is InChI=1S/C20H20FN5O2/c1-12-17-9-16(10-22-18(17)25-24-12)23-19(27)14-3-2-8-26(11-14)20(28)13-4-6-15(21)7-5-13/h4-7,9-10,14H,2-3,8,11H2,1H3,(H,23,27)(H,22,24,25). The second-order valence-corrected chi connectivity index (χ2v) is 7.03. The number of aryl methyl sites for hydroxylation is 1. The van der Waals surface area contributed by atoms with Crippen molar-refractivity contribution in [3.05, 3.63) is 53.6 Å². The predicted molar refractivity (Wildman–Crippen MR) is 102 cm³/mol. The van der Waals surface area contributed by atoms with Crippen LogP contribution in [0.15, 0.2) is 36.5 Å². The van der Waals surface area contributed by atoms with Crippen molar-refractivity contribution in [3.8, 4) is 0 Å². The molecule has 1 aliphatic heterocycles. The number of halogens is 1. The predicted octanol–water partition coefficient (Wildman–Crippen LogP) is 2.90. The first-order chi connectivity index (χ1) is 13.5. The van der Waals surface area contributed by atoms with Gasteiger partial charge in [-0.2, -0.15) is 5.10 Å². The molecule has 0 aliphatic carbocycles. The van der Waals surface area contributed by atoms with E-state index >= 15 is 0 Å². The van der Waals surface area contributed by atoms with Crippen molar-refractivity contribution in [3.63, 3.8) is 0 Å². The molecule has 7 nitrogen and oxygen atoms in total. The molecule has 1 unspecified atom stereocenters. The zero-order valence-electron chi connectivity index (χ0n) is 15.4. The van der Waals surface area contributed by atoms with Gasteiger partial charge in [-0.05, 0) is 50.1 Å². The molecule has 0 bridgehead atoms. The normalized spacial score (nSPS) is 16.9. The molecule has 4 rings (SSSR count). The summed E-state index contributed by atoms with van der Waals surface area (Å²) in [7, 11) is 0. The summed E-state index contributed by atoms with van der Waals surface area (Å²) < 4.78 is 13.1. The van der Waals surface area contributed by atoms with Crippen molar-refractivity contribution in [1.82, 2.24) is 20.1 Å². The molecule has 2 N–H and O–H groups in total. The number of rotatable bonds is 3. The molecule has 1 saturated heterocycles. The Labute approximate surface area is 160 Å². The Morgan fingerprint density at radius 2 is 2.07 bits per heavy atom. The number of nitrogens with one attached hydrogen (secondary N) is 2. The van der Waals surface area contributed by atoms with Gasteiger partial charge in [0.05, 0.1) is 17.8 Å². The van der Waals surface area contributed by atoms with Gasteiger partial charge < -0.3 is 10.2 Å². The second kappa shape index (κ2) is 7.38. The lowest BCUT2D eigenvalue weighted by Gasteiger charge is -2.32. The largest absolute Gasteiger partial charge is 0.338 e. The van der Waals surface area contributed by atoms with Crippen LogP contribution in [0.3, 0.4) is 0 Å². The monoisotopic (exact) mass is 381 g/mol. The summed E-state index contributed by atoms with van der Waals surface area (Å²) in [5.41, 5.74) is 2.51. The zero-order chi connectivity index (χ0) is 19.7. The quantitative estimate of drug-likeness (QED) is 0.730. The van der Waals surface area contributed by atoms with Gasteiger partial charge in [0, 0.05) is 29.7 Å². The third-order valence-electron chi connectivity index (χ3n) is 5.04. The Bertz CT molecular complexity index is 1030. The van der Waals surface area contributed by atoms with Crippen molar-refractivity contribution in [2.75, 3.05) is 18.4 Å². The average molecular weight is 381 g/mol. The number of aromatic amines is 1. The topological polar surface area (TPSA) is 91.0 Å². The van der Waals surface area contributed by atoms with Crippen LogP contribution in [0.1, 0.15) is 28.9 Å². The molecule has 1 fully saturated rings. The first-order valence-electron chi connectivity index (χ1n) is 9.17. The molecule has 0 radical (unpaired) electrons. The van der Waals surface area contributed by atoms with E-state index in [1.807, 2.05) is 13.0 Å². The molecule has 0 saturated carbocycles. The van der Waals surface area contributed by atoms with E-state index in [0.29, 0.717) is 36.4 Å². The molecule has 28 heavy (non-hydrogen) atoms. The number of hydrogen-bond donors (Lipinski definition) is 2. The van der Waals surface area contributed by atoms with Crippen LogP contribution in [-0.2, 0) is 4.79 Å². The Hall–Kier alpha value is -3.29. The lowest BCUT2D eigenvalue weighted by molar-refractivity contribution is -0.121. The number of pyridine rings is 1. The highest BCUT2D eigenvalue weighted by atomic mass is 19.1. The highest BCUT2D eigenvalue weighted by molar-refractivity contribution is 5.97. The Morgan fingerprint density at radius 1 is 1.29 bits per heavy atom. The summed E-state index contributed by atoms with van der Waals surface area (Å²) in [6.45, 7) is 2.81. The van der Waals surface area contributed by atoms with Crippen LogP contribution in [0.2, 0.25) is 0 Å². The van der Waals surface area contributed by atoms with Crippen LogP contribution in [0.4, 0.5) is 10.1 Å². The first kappa shape index (κ1) is 18.1. The number of hydrogen-bond acceptors (Lipinski definition) is 4. The van der Waals surface area contributed by atoms with E-state index in [2.05, 4.69) is 20.5 Å². The summed E-state index contributed by atoms with van der Waals surface area (Å²) in [4.78, 5) is 31.3. The molecule has 2 aromatic heterocycles. The van der Waals surface area contributed by atoms with Crippen LogP contribution >= 0.6 is 0 Å². The molecule has 1 aliphatic rings. The van der Waals surface area contributed by atoms with Gasteiger partial charge in [0.15, 0.2) is 5.65 Å². The summed E-state index contributed by atoms with van der Waals surface area (Å²) in [5.74, 6) is -1.02. The fourth-order valence-electron chi connectivity index (χ4n) is 3.48. The smallest absolute Gasteiger partial charge is 0.253 e. The lowest BCUT2D eigenvalue weighted by atomic mass is 9.96. The van der Waals surface area contributed by atoms with E-state index in [1.165, 1.54) is 24.3 Å². The molecule has 0 spiro atoms. The maximum absolute atomic E-state index is 13.1. The summed E-state index contributed by atoms with van der Waals surface area (Å²) in [6.07, 6.45) is 3.02. The fourth-order valence-corrected chi connectivity index (χ4v) is 3.48.